The molecule has 3 N–H and O–H groups in total. The number of nitrogens with one attached hydrogen (secondary N) is 3. The Hall–Kier alpha value is -3.94. The Bertz CT molecular complexity index is 1210. The predicted molar refractivity (Wildman–Crippen MR) is 137 cm³/mol. The van der Waals surface area contributed by atoms with Crippen molar-refractivity contribution >= 4 is 34.5 Å². The van der Waals surface area contributed by atoms with E-state index in [-0.39, 0.29) is 24.4 Å². The highest BCUT2D eigenvalue weighted by molar-refractivity contribution is 7.10. The first-order valence-corrected chi connectivity index (χ1v) is 11.7. The SMILES string of the molecule is COc1ccc(NC(=O)c2ccc(NC(=O)CN[C@H](c3ccccc3)c3cccs3)cc2)cc1. The molecule has 0 fully saturated rings. The van der Waals surface area contributed by atoms with Gasteiger partial charge in [-0.05, 0) is 65.5 Å². The van der Waals surface area contributed by atoms with Crippen molar-refractivity contribution in [3.05, 3.63) is 112 Å². The number of carbonyl (C=O) groups excluding carboxylic acids is 2. The molecule has 3 aromatic carbocycles. The number of benzene rings is 3. The van der Waals surface area contributed by atoms with Gasteiger partial charge in [-0.3, -0.25) is 14.9 Å². The summed E-state index contributed by atoms with van der Waals surface area (Å²) in [5.41, 5.74) is 2.90. The molecule has 0 aliphatic carbocycles. The fraction of sp³-hybridized carbons (Fsp3) is 0.111. The van der Waals surface area contributed by atoms with Crippen LogP contribution in [0.25, 0.3) is 0 Å². The maximum Gasteiger partial charge on any atom is 0.255 e. The van der Waals surface area contributed by atoms with Gasteiger partial charge in [-0.1, -0.05) is 36.4 Å². The zero-order chi connectivity index (χ0) is 23.8. The summed E-state index contributed by atoms with van der Waals surface area (Å²) in [6.07, 6.45) is 0. The summed E-state index contributed by atoms with van der Waals surface area (Å²) in [5, 5.41) is 11.1. The molecular weight excluding hydrogens is 446 g/mol. The molecule has 1 heterocycles. The molecule has 0 bridgehead atoms. The first-order valence-electron chi connectivity index (χ1n) is 10.8. The molecular formula is C27H25N3O3S. The van der Waals surface area contributed by atoms with Gasteiger partial charge in [-0.25, -0.2) is 0 Å². The molecule has 172 valence electrons. The number of hydrogen-bond donors (Lipinski definition) is 3. The van der Waals surface area contributed by atoms with E-state index in [1.807, 2.05) is 41.8 Å². The average Bonchev–Trinajstić information content (AvgIpc) is 3.40. The third-order valence-corrected chi connectivity index (χ3v) is 6.14. The second kappa shape index (κ2) is 11.3. The summed E-state index contributed by atoms with van der Waals surface area (Å²) in [6.45, 7) is 0.150. The van der Waals surface area contributed by atoms with Gasteiger partial charge in [0, 0.05) is 21.8 Å². The maximum atomic E-state index is 12.6. The highest BCUT2D eigenvalue weighted by Crippen LogP contribution is 2.25. The van der Waals surface area contributed by atoms with Crippen LogP contribution >= 0.6 is 11.3 Å². The number of carbonyl (C=O) groups is 2. The number of hydrogen-bond acceptors (Lipinski definition) is 5. The molecule has 2 amide bonds. The Balaban J connectivity index is 1.32. The Morgan fingerprint density at radius 1 is 0.824 bits per heavy atom. The molecule has 0 aliphatic heterocycles. The van der Waals surface area contributed by atoms with Gasteiger partial charge in [0.25, 0.3) is 5.91 Å². The lowest BCUT2D eigenvalue weighted by Crippen LogP contribution is -2.31. The minimum Gasteiger partial charge on any atom is -0.497 e. The van der Waals surface area contributed by atoms with Gasteiger partial charge in [0.2, 0.25) is 5.91 Å². The van der Waals surface area contributed by atoms with Crippen LogP contribution in [-0.4, -0.2) is 25.5 Å². The molecule has 0 radical (unpaired) electrons. The van der Waals surface area contributed by atoms with Crippen LogP contribution in [0.4, 0.5) is 11.4 Å². The number of rotatable bonds is 9. The lowest BCUT2D eigenvalue weighted by atomic mass is 10.1. The molecule has 0 unspecified atom stereocenters. The van der Waals surface area contributed by atoms with Crippen LogP contribution in [0.3, 0.4) is 0 Å². The predicted octanol–water partition coefficient (Wildman–Crippen LogP) is 5.33. The van der Waals surface area contributed by atoms with Crippen molar-refractivity contribution in [1.82, 2.24) is 5.32 Å². The van der Waals surface area contributed by atoms with Crippen molar-refractivity contribution in [2.24, 2.45) is 0 Å². The van der Waals surface area contributed by atoms with E-state index >= 15 is 0 Å². The molecule has 1 aromatic heterocycles. The third-order valence-electron chi connectivity index (χ3n) is 5.21. The third kappa shape index (κ3) is 6.10. The van der Waals surface area contributed by atoms with E-state index in [1.165, 1.54) is 0 Å². The van der Waals surface area contributed by atoms with Crippen LogP contribution < -0.4 is 20.7 Å². The van der Waals surface area contributed by atoms with Crippen LogP contribution in [0, 0.1) is 0 Å². The van der Waals surface area contributed by atoms with E-state index in [0.717, 1.165) is 16.2 Å². The van der Waals surface area contributed by atoms with Gasteiger partial charge in [0.1, 0.15) is 5.75 Å². The summed E-state index contributed by atoms with van der Waals surface area (Å²) in [6, 6.07) is 28.0. The van der Waals surface area contributed by atoms with Crippen molar-refractivity contribution in [3.8, 4) is 5.75 Å². The molecule has 4 aromatic rings. The zero-order valence-corrected chi connectivity index (χ0v) is 19.5. The van der Waals surface area contributed by atoms with Gasteiger partial charge in [-0.15, -0.1) is 11.3 Å². The summed E-state index contributed by atoms with van der Waals surface area (Å²) >= 11 is 1.65. The van der Waals surface area contributed by atoms with E-state index in [1.54, 1.807) is 67.0 Å². The Morgan fingerprint density at radius 3 is 2.15 bits per heavy atom. The minimum absolute atomic E-state index is 0.0593. The number of methoxy groups -OCH3 is 1. The Kier molecular flexibility index (Phi) is 7.70. The second-order valence-electron chi connectivity index (χ2n) is 7.55. The first kappa shape index (κ1) is 23.2. The summed E-state index contributed by atoms with van der Waals surface area (Å²) in [5.74, 6) is 0.331. The number of thiophene rings is 1. The molecule has 0 saturated carbocycles. The fourth-order valence-corrected chi connectivity index (χ4v) is 4.29. The number of amides is 2. The summed E-state index contributed by atoms with van der Waals surface area (Å²) < 4.78 is 5.12. The molecule has 7 heteroatoms. The van der Waals surface area contributed by atoms with E-state index in [4.69, 9.17) is 4.74 Å². The first-order chi connectivity index (χ1) is 16.6. The quantitative estimate of drug-likeness (QED) is 0.308. The van der Waals surface area contributed by atoms with Crippen molar-refractivity contribution in [1.29, 1.82) is 0 Å². The Morgan fingerprint density at radius 2 is 1.50 bits per heavy atom. The van der Waals surface area contributed by atoms with Gasteiger partial charge in [-0.2, -0.15) is 0 Å². The highest BCUT2D eigenvalue weighted by atomic mass is 32.1. The van der Waals surface area contributed by atoms with Crippen molar-refractivity contribution in [2.45, 2.75) is 6.04 Å². The van der Waals surface area contributed by atoms with E-state index in [9.17, 15) is 9.59 Å². The van der Waals surface area contributed by atoms with Crippen molar-refractivity contribution < 1.29 is 14.3 Å². The van der Waals surface area contributed by atoms with Crippen LogP contribution in [0.1, 0.15) is 26.8 Å². The normalized spacial score (nSPS) is 11.4. The smallest absolute Gasteiger partial charge is 0.255 e. The summed E-state index contributed by atoms with van der Waals surface area (Å²) in [4.78, 5) is 26.2. The van der Waals surface area contributed by atoms with Crippen LogP contribution in [0.15, 0.2) is 96.4 Å². The zero-order valence-electron chi connectivity index (χ0n) is 18.7. The van der Waals surface area contributed by atoms with Gasteiger partial charge < -0.3 is 15.4 Å². The van der Waals surface area contributed by atoms with E-state index in [0.29, 0.717) is 16.9 Å². The molecule has 0 aliphatic rings. The lowest BCUT2D eigenvalue weighted by Gasteiger charge is -2.18. The highest BCUT2D eigenvalue weighted by Gasteiger charge is 2.16. The van der Waals surface area contributed by atoms with Crippen LogP contribution in [-0.2, 0) is 4.79 Å². The lowest BCUT2D eigenvalue weighted by molar-refractivity contribution is -0.115. The van der Waals surface area contributed by atoms with E-state index in [2.05, 4.69) is 22.0 Å². The van der Waals surface area contributed by atoms with Crippen molar-refractivity contribution in [2.75, 3.05) is 24.3 Å². The standard InChI is InChI=1S/C27H25N3O3S/c1-33-23-15-13-22(14-16-23)30-27(32)20-9-11-21(12-10-20)29-25(31)18-28-26(24-8-5-17-34-24)19-6-3-2-4-7-19/h2-17,26,28H,18H2,1H3,(H,29,31)(H,30,32)/t26-/m1/s1. The number of ether oxygens (including phenoxy) is 1. The minimum atomic E-state index is -0.230. The van der Waals surface area contributed by atoms with Crippen LogP contribution in [0.2, 0.25) is 0 Å². The largest absolute Gasteiger partial charge is 0.497 e. The average molecular weight is 472 g/mol. The second-order valence-corrected chi connectivity index (χ2v) is 8.53. The molecule has 0 spiro atoms. The van der Waals surface area contributed by atoms with Crippen molar-refractivity contribution in [3.63, 3.8) is 0 Å². The molecule has 0 saturated heterocycles. The molecule has 34 heavy (non-hydrogen) atoms. The van der Waals surface area contributed by atoms with Crippen LogP contribution in [0.5, 0.6) is 5.75 Å². The summed E-state index contributed by atoms with van der Waals surface area (Å²) in [7, 11) is 1.59. The van der Waals surface area contributed by atoms with Gasteiger partial charge in [0.05, 0.1) is 19.7 Å². The maximum absolute atomic E-state index is 12.6. The number of anilines is 2. The molecule has 6 nitrogen and oxygen atoms in total. The molecule has 4 rings (SSSR count). The fourth-order valence-electron chi connectivity index (χ4n) is 3.47. The van der Waals surface area contributed by atoms with Gasteiger partial charge >= 0.3 is 0 Å². The Labute approximate surface area is 202 Å². The van der Waals surface area contributed by atoms with E-state index < -0.39 is 0 Å². The monoisotopic (exact) mass is 471 g/mol. The molecule has 1 atom stereocenters. The topological polar surface area (TPSA) is 79.5 Å². The van der Waals surface area contributed by atoms with Gasteiger partial charge in [0.15, 0.2) is 0 Å².